The molecular formula is C11H17ClN4O. The number of amides is 1. The van der Waals surface area contributed by atoms with E-state index in [1.165, 1.54) is 0 Å². The molecule has 1 aromatic rings. The van der Waals surface area contributed by atoms with E-state index < -0.39 is 0 Å². The number of halogens is 1. The van der Waals surface area contributed by atoms with Crippen molar-refractivity contribution in [1.29, 1.82) is 0 Å². The van der Waals surface area contributed by atoms with E-state index in [1.807, 2.05) is 6.92 Å². The fourth-order valence-corrected chi connectivity index (χ4v) is 1.74. The fraction of sp³-hybridized carbons (Fsp3) is 0.545. The molecule has 6 heteroatoms. The number of hydrogen-bond donors (Lipinski definition) is 2. The summed E-state index contributed by atoms with van der Waals surface area (Å²) < 4.78 is 0. The number of hydrogen-bond acceptors (Lipinski definition) is 4. The Kier molecular flexibility index (Phi) is 5.31. The van der Waals surface area contributed by atoms with E-state index in [9.17, 15) is 4.79 Å². The maximum atomic E-state index is 11.8. The van der Waals surface area contributed by atoms with Gasteiger partial charge in [0, 0.05) is 12.2 Å². The molecule has 0 aliphatic rings. The van der Waals surface area contributed by atoms with E-state index in [1.54, 1.807) is 13.0 Å². The van der Waals surface area contributed by atoms with Crippen LogP contribution >= 0.6 is 11.6 Å². The lowest BCUT2D eigenvalue weighted by atomic mass is 10.0. The Morgan fingerprint density at radius 3 is 2.82 bits per heavy atom. The van der Waals surface area contributed by atoms with E-state index in [0.29, 0.717) is 17.4 Å². The third-order valence-corrected chi connectivity index (χ3v) is 2.54. The molecule has 0 bridgehead atoms. The number of nitrogens with two attached hydrogens (primary N) is 1. The van der Waals surface area contributed by atoms with Gasteiger partial charge in [0.15, 0.2) is 0 Å². The molecule has 5 nitrogen and oxygen atoms in total. The van der Waals surface area contributed by atoms with Crippen LogP contribution in [-0.4, -0.2) is 22.4 Å². The summed E-state index contributed by atoms with van der Waals surface area (Å²) in [5.74, 6) is -0.131. The predicted octanol–water partition coefficient (Wildman–Crippen LogP) is 1.75. The molecule has 1 rings (SSSR count). The van der Waals surface area contributed by atoms with Crippen LogP contribution in [0.1, 0.15) is 25.5 Å². The van der Waals surface area contributed by atoms with Crippen LogP contribution in [0, 0.1) is 12.8 Å². The molecule has 0 aliphatic heterocycles. The Balaban J connectivity index is 2.72. The zero-order valence-corrected chi connectivity index (χ0v) is 10.8. The van der Waals surface area contributed by atoms with Crippen molar-refractivity contribution in [2.45, 2.75) is 26.7 Å². The number of aromatic nitrogens is 2. The lowest BCUT2D eigenvalue weighted by Gasteiger charge is -2.13. The van der Waals surface area contributed by atoms with Crippen molar-refractivity contribution < 1.29 is 4.79 Å². The summed E-state index contributed by atoms with van der Waals surface area (Å²) in [6.07, 6.45) is 1.66. The highest BCUT2D eigenvalue weighted by molar-refractivity contribution is 6.29. The van der Waals surface area contributed by atoms with Crippen molar-refractivity contribution in [2.75, 3.05) is 11.9 Å². The van der Waals surface area contributed by atoms with Crippen molar-refractivity contribution in [3.8, 4) is 0 Å². The van der Waals surface area contributed by atoms with Crippen molar-refractivity contribution in [1.82, 2.24) is 9.97 Å². The first-order valence-corrected chi connectivity index (χ1v) is 5.96. The van der Waals surface area contributed by atoms with Gasteiger partial charge in [-0.1, -0.05) is 24.9 Å². The molecule has 0 saturated heterocycles. The summed E-state index contributed by atoms with van der Waals surface area (Å²) in [6, 6.07) is 1.63. The van der Waals surface area contributed by atoms with Gasteiger partial charge in [-0.05, 0) is 19.4 Å². The average molecular weight is 257 g/mol. The number of rotatable bonds is 5. The molecular weight excluding hydrogens is 240 g/mol. The Hall–Kier alpha value is -1.20. The molecule has 0 aliphatic carbocycles. The zero-order chi connectivity index (χ0) is 12.8. The monoisotopic (exact) mass is 256 g/mol. The first kappa shape index (κ1) is 13.9. The fourth-order valence-electron chi connectivity index (χ4n) is 1.50. The molecule has 0 spiro atoms. The Bertz CT molecular complexity index is 377. The Morgan fingerprint density at radius 2 is 2.29 bits per heavy atom. The lowest BCUT2D eigenvalue weighted by Crippen LogP contribution is -2.29. The number of aryl methyl sites for hydroxylation is 1. The van der Waals surface area contributed by atoms with E-state index in [2.05, 4.69) is 15.3 Å². The van der Waals surface area contributed by atoms with Gasteiger partial charge in [-0.15, -0.1) is 0 Å². The molecule has 0 fully saturated rings. The van der Waals surface area contributed by atoms with Gasteiger partial charge in [0.1, 0.15) is 5.15 Å². The standard InChI is InChI=1S/C11H17ClN4O/c1-3-4-8(6-13)10(17)16-11-14-7(2)5-9(12)15-11/h5,8H,3-4,6,13H2,1-2H3,(H,14,15,16,17). The summed E-state index contributed by atoms with van der Waals surface area (Å²) in [5, 5.41) is 2.95. The van der Waals surface area contributed by atoms with Gasteiger partial charge in [-0.3, -0.25) is 10.1 Å². The second-order valence-corrected chi connectivity index (χ2v) is 4.25. The Morgan fingerprint density at radius 1 is 1.59 bits per heavy atom. The first-order chi connectivity index (χ1) is 8.06. The Labute approximate surface area is 106 Å². The van der Waals surface area contributed by atoms with Crippen LogP contribution in [0.25, 0.3) is 0 Å². The zero-order valence-electron chi connectivity index (χ0n) is 10.0. The first-order valence-electron chi connectivity index (χ1n) is 5.59. The maximum Gasteiger partial charge on any atom is 0.231 e. The van der Waals surface area contributed by atoms with Gasteiger partial charge in [-0.25, -0.2) is 9.97 Å². The summed E-state index contributed by atoms with van der Waals surface area (Å²) in [7, 11) is 0. The summed E-state index contributed by atoms with van der Waals surface area (Å²) >= 11 is 5.78. The smallest absolute Gasteiger partial charge is 0.231 e. The topological polar surface area (TPSA) is 80.9 Å². The second-order valence-electron chi connectivity index (χ2n) is 3.87. The highest BCUT2D eigenvalue weighted by atomic mass is 35.5. The number of anilines is 1. The van der Waals surface area contributed by atoms with Crippen LogP contribution in [0.3, 0.4) is 0 Å². The van der Waals surface area contributed by atoms with E-state index in [-0.39, 0.29) is 17.8 Å². The summed E-state index contributed by atoms with van der Waals surface area (Å²) in [5.41, 5.74) is 6.25. The largest absolute Gasteiger partial charge is 0.330 e. The molecule has 3 N–H and O–H groups in total. The minimum absolute atomic E-state index is 0.156. The van der Waals surface area contributed by atoms with Crippen LogP contribution in [-0.2, 0) is 4.79 Å². The van der Waals surface area contributed by atoms with Crippen molar-refractivity contribution in [2.24, 2.45) is 11.7 Å². The van der Waals surface area contributed by atoms with E-state index in [4.69, 9.17) is 17.3 Å². The van der Waals surface area contributed by atoms with Crippen LogP contribution < -0.4 is 11.1 Å². The molecule has 1 amide bonds. The predicted molar refractivity (Wildman–Crippen MR) is 67.9 cm³/mol. The van der Waals surface area contributed by atoms with Crippen LogP contribution in [0.5, 0.6) is 0 Å². The number of carbonyl (C=O) groups is 1. The second kappa shape index (κ2) is 6.51. The van der Waals surface area contributed by atoms with Gasteiger partial charge < -0.3 is 5.73 Å². The lowest BCUT2D eigenvalue weighted by molar-refractivity contribution is -0.119. The van der Waals surface area contributed by atoms with Gasteiger partial charge in [0.05, 0.1) is 5.92 Å². The molecule has 17 heavy (non-hydrogen) atoms. The molecule has 0 radical (unpaired) electrons. The summed E-state index contributed by atoms with van der Waals surface area (Å²) in [4.78, 5) is 19.9. The number of nitrogens with one attached hydrogen (secondary N) is 1. The average Bonchev–Trinajstić information content (AvgIpc) is 2.24. The summed E-state index contributed by atoms with van der Waals surface area (Å²) in [6.45, 7) is 4.12. The molecule has 94 valence electrons. The molecule has 0 saturated carbocycles. The van der Waals surface area contributed by atoms with Gasteiger partial charge in [0.25, 0.3) is 0 Å². The van der Waals surface area contributed by atoms with Crippen LogP contribution in [0.4, 0.5) is 5.95 Å². The molecule has 1 aromatic heterocycles. The van der Waals surface area contributed by atoms with E-state index in [0.717, 1.165) is 12.8 Å². The van der Waals surface area contributed by atoms with E-state index >= 15 is 0 Å². The van der Waals surface area contributed by atoms with Crippen LogP contribution in [0.2, 0.25) is 5.15 Å². The van der Waals surface area contributed by atoms with Crippen molar-refractivity contribution >= 4 is 23.5 Å². The molecule has 1 heterocycles. The highest BCUT2D eigenvalue weighted by Gasteiger charge is 2.17. The highest BCUT2D eigenvalue weighted by Crippen LogP contribution is 2.12. The van der Waals surface area contributed by atoms with Crippen LogP contribution in [0.15, 0.2) is 6.07 Å². The number of nitrogens with zero attached hydrogens (tertiary/aromatic N) is 2. The van der Waals surface area contributed by atoms with Gasteiger partial charge >= 0.3 is 0 Å². The normalized spacial score (nSPS) is 12.2. The molecule has 1 atom stereocenters. The molecule has 1 unspecified atom stereocenters. The van der Waals surface area contributed by atoms with Crippen molar-refractivity contribution in [3.63, 3.8) is 0 Å². The third-order valence-electron chi connectivity index (χ3n) is 2.35. The van der Waals surface area contributed by atoms with Gasteiger partial charge in [0.2, 0.25) is 11.9 Å². The molecule has 0 aromatic carbocycles. The SMILES string of the molecule is CCCC(CN)C(=O)Nc1nc(C)cc(Cl)n1. The minimum atomic E-state index is -0.206. The quantitative estimate of drug-likeness (QED) is 0.787. The van der Waals surface area contributed by atoms with Gasteiger partial charge in [-0.2, -0.15) is 0 Å². The minimum Gasteiger partial charge on any atom is -0.330 e. The number of carbonyl (C=O) groups excluding carboxylic acids is 1. The maximum absolute atomic E-state index is 11.8. The van der Waals surface area contributed by atoms with Crippen molar-refractivity contribution in [3.05, 3.63) is 16.9 Å². The third kappa shape index (κ3) is 4.28.